The largest absolute Gasteiger partial charge is 0.494 e. The van der Waals surface area contributed by atoms with Gasteiger partial charge in [-0.3, -0.25) is 0 Å². The molecule has 0 aromatic heterocycles. The number of benzene rings is 2. The third-order valence-corrected chi connectivity index (χ3v) is 3.27. The molecule has 0 fully saturated rings. The van der Waals surface area contributed by atoms with E-state index in [1.54, 1.807) is 6.08 Å². The topological polar surface area (TPSA) is 46.5 Å². The smallest absolute Gasteiger partial charge is 0.328 e. The summed E-state index contributed by atoms with van der Waals surface area (Å²) in [5, 5.41) is 8.57. The average Bonchev–Trinajstić information content (AvgIpc) is 2.54. The van der Waals surface area contributed by atoms with Crippen LogP contribution in [-0.4, -0.2) is 17.7 Å². The summed E-state index contributed by atoms with van der Waals surface area (Å²) >= 11 is 0. The quantitative estimate of drug-likeness (QED) is 0.587. The highest BCUT2D eigenvalue weighted by molar-refractivity contribution is 5.85. The Morgan fingerprint density at radius 1 is 1.00 bits per heavy atom. The van der Waals surface area contributed by atoms with Gasteiger partial charge in [-0.25, -0.2) is 4.79 Å². The van der Waals surface area contributed by atoms with Gasteiger partial charge in [-0.05, 0) is 48.6 Å². The second-order valence-corrected chi connectivity index (χ2v) is 5.03. The molecule has 0 radical (unpaired) electrons. The molecule has 3 heteroatoms. The van der Waals surface area contributed by atoms with Gasteiger partial charge >= 0.3 is 5.97 Å². The molecule has 0 aliphatic rings. The maximum absolute atomic E-state index is 10.4. The van der Waals surface area contributed by atoms with Crippen LogP contribution >= 0.6 is 0 Å². The number of carboxylic acid groups (broad SMARTS) is 1. The Hall–Kier alpha value is -2.55. The van der Waals surface area contributed by atoms with Crippen molar-refractivity contribution in [3.05, 3.63) is 71.8 Å². The van der Waals surface area contributed by atoms with Crippen molar-refractivity contribution in [2.24, 2.45) is 0 Å². The first-order valence-electron chi connectivity index (χ1n) is 7.42. The lowest BCUT2D eigenvalue weighted by Gasteiger charge is -2.06. The molecule has 0 aliphatic heterocycles. The Labute approximate surface area is 130 Å². The lowest BCUT2D eigenvalue weighted by molar-refractivity contribution is -0.131. The number of carbonyl (C=O) groups is 1. The van der Waals surface area contributed by atoms with Crippen molar-refractivity contribution < 1.29 is 14.6 Å². The Morgan fingerprint density at radius 2 is 1.73 bits per heavy atom. The molecule has 0 heterocycles. The molecular formula is C19H20O3. The zero-order valence-electron chi connectivity index (χ0n) is 12.4. The first kappa shape index (κ1) is 15.8. The molecule has 0 bridgehead atoms. The van der Waals surface area contributed by atoms with Crippen molar-refractivity contribution in [2.75, 3.05) is 6.61 Å². The molecule has 0 saturated heterocycles. The zero-order valence-corrected chi connectivity index (χ0v) is 12.4. The van der Waals surface area contributed by atoms with Gasteiger partial charge in [0.05, 0.1) is 6.61 Å². The minimum atomic E-state index is -0.946. The number of aliphatic carboxylic acids is 1. The van der Waals surface area contributed by atoms with Gasteiger partial charge in [-0.15, -0.1) is 0 Å². The number of rotatable bonds is 8. The van der Waals surface area contributed by atoms with Crippen LogP contribution < -0.4 is 4.74 Å². The minimum absolute atomic E-state index is 0.692. The number of carboxylic acids is 1. The van der Waals surface area contributed by atoms with Gasteiger partial charge in [0.1, 0.15) is 5.75 Å². The molecule has 3 nitrogen and oxygen atoms in total. The van der Waals surface area contributed by atoms with Crippen LogP contribution in [0, 0.1) is 0 Å². The van der Waals surface area contributed by atoms with E-state index in [1.165, 1.54) is 5.56 Å². The standard InChI is InChI=1S/C19H20O3/c20-19(21)14-11-17-9-12-18(13-10-17)22-15-5-4-8-16-6-2-1-3-7-16/h1-3,6-7,9-14H,4-5,8,15H2,(H,20,21)/b14-11+. The van der Waals surface area contributed by atoms with Gasteiger partial charge in [-0.1, -0.05) is 42.5 Å². The highest BCUT2D eigenvalue weighted by atomic mass is 16.5. The normalized spacial score (nSPS) is 10.7. The third-order valence-electron chi connectivity index (χ3n) is 3.27. The van der Waals surface area contributed by atoms with Gasteiger partial charge < -0.3 is 9.84 Å². The Morgan fingerprint density at radius 3 is 2.41 bits per heavy atom. The monoisotopic (exact) mass is 296 g/mol. The lowest BCUT2D eigenvalue weighted by Crippen LogP contribution is -1.98. The number of hydrogen-bond acceptors (Lipinski definition) is 2. The summed E-state index contributed by atoms with van der Waals surface area (Å²) in [4.78, 5) is 10.4. The summed E-state index contributed by atoms with van der Waals surface area (Å²) in [6, 6.07) is 17.9. The number of aryl methyl sites for hydroxylation is 1. The highest BCUT2D eigenvalue weighted by Crippen LogP contribution is 2.14. The Kier molecular flexibility index (Phi) is 6.24. The van der Waals surface area contributed by atoms with E-state index in [4.69, 9.17) is 9.84 Å². The van der Waals surface area contributed by atoms with Crippen LogP contribution in [0.3, 0.4) is 0 Å². The van der Waals surface area contributed by atoms with Crippen LogP contribution in [0.2, 0.25) is 0 Å². The molecule has 0 aliphatic carbocycles. The third kappa shape index (κ3) is 5.83. The molecule has 2 aromatic rings. The fourth-order valence-electron chi connectivity index (χ4n) is 2.11. The average molecular weight is 296 g/mol. The maximum atomic E-state index is 10.4. The molecule has 0 spiro atoms. The van der Waals surface area contributed by atoms with Crippen LogP contribution in [0.1, 0.15) is 24.0 Å². The van der Waals surface area contributed by atoms with E-state index < -0.39 is 5.97 Å². The van der Waals surface area contributed by atoms with E-state index in [2.05, 4.69) is 24.3 Å². The predicted molar refractivity (Wildman–Crippen MR) is 88.0 cm³/mol. The Balaban J connectivity index is 1.68. The summed E-state index contributed by atoms with van der Waals surface area (Å²) in [7, 11) is 0. The molecular weight excluding hydrogens is 276 g/mol. The molecule has 2 aromatic carbocycles. The molecule has 114 valence electrons. The minimum Gasteiger partial charge on any atom is -0.494 e. The van der Waals surface area contributed by atoms with E-state index in [0.717, 1.165) is 36.7 Å². The van der Waals surface area contributed by atoms with Gasteiger partial charge in [0, 0.05) is 6.08 Å². The summed E-state index contributed by atoms with van der Waals surface area (Å²) in [6.07, 6.45) is 5.87. The molecule has 0 saturated carbocycles. The SMILES string of the molecule is O=C(O)/C=C/c1ccc(OCCCCc2ccccc2)cc1. The highest BCUT2D eigenvalue weighted by Gasteiger charge is 1.96. The van der Waals surface area contributed by atoms with Crippen LogP contribution in [0.4, 0.5) is 0 Å². The molecule has 1 N–H and O–H groups in total. The zero-order chi connectivity index (χ0) is 15.6. The fraction of sp³-hybridized carbons (Fsp3) is 0.211. The van der Waals surface area contributed by atoms with Crippen molar-refractivity contribution >= 4 is 12.0 Å². The summed E-state index contributed by atoms with van der Waals surface area (Å²) in [5.74, 6) is -0.133. The van der Waals surface area contributed by atoms with Crippen LogP contribution in [-0.2, 0) is 11.2 Å². The van der Waals surface area contributed by atoms with Crippen molar-refractivity contribution in [3.63, 3.8) is 0 Å². The summed E-state index contributed by atoms with van der Waals surface area (Å²) < 4.78 is 5.68. The maximum Gasteiger partial charge on any atom is 0.328 e. The van der Waals surface area contributed by atoms with E-state index in [0.29, 0.717) is 6.61 Å². The first-order chi connectivity index (χ1) is 10.7. The lowest BCUT2D eigenvalue weighted by atomic mass is 10.1. The van der Waals surface area contributed by atoms with Crippen molar-refractivity contribution in [3.8, 4) is 5.75 Å². The predicted octanol–water partition coefficient (Wildman–Crippen LogP) is 4.19. The van der Waals surface area contributed by atoms with Crippen LogP contribution in [0.5, 0.6) is 5.75 Å². The van der Waals surface area contributed by atoms with E-state index >= 15 is 0 Å². The van der Waals surface area contributed by atoms with Crippen molar-refractivity contribution in [1.29, 1.82) is 0 Å². The second-order valence-electron chi connectivity index (χ2n) is 5.03. The summed E-state index contributed by atoms with van der Waals surface area (Å²) in [5.41, 5.74) is 2.20. The molecule has 22 heavy (non-hydrogen) atoms. The van der Waals surface area contributed by atoms with Gasteiger partial charge in [0.15, 0.2) is 0 Å². The molecule has 0 amide bonds. The number of ether oxygens (including phenoxy) is 1. The first-order valence-corrected chi connectivity index (χ1v) is 7.42. The molecule has 2 rings (SSSR count). The van der Waals surface area contributed by atoms with E-state index in [-0.39, 0.29) is 0 Å². The number of unbranched alkanes of at least 4 members (excludes halogenated alkanes) is 1. The van der Waals surface area contributed by atoms with Crippen molar-refractivity contribution in [2.45, 2.75) is 19.3 Å². The van der Waals surface area contributed by atoms with Gasteiger partial charge in [-0.2, -0.15) is 0 Å². The fourth-order valence-corrected chi connectivity index (χ4v) is 2.11. The molecule has 0 unspecified atom stereocenters. The van der Waals surface area contributed by atoms with Crippen molar-refractivity contribution in [1.82, 2.24) is 0 Å². The second kappa shape index (κ2) is 8.67. The number of hydrogen-bond donors (Lipinski definition) is 1. The molecule has 0 atom stereocenters. The summed E-state index contributed by atoms with van der Waals surface area (Å²) in [6.45, 7) is 0.692. The van der Waals surface area contributed by atoms with Gasteiger partial charge in [0.2, 0.25) is 0 Å². The Bertz CT molecular complexity index is 600. The van der Waals surface area contributed by atoms with Crippen LogP contribution in [0.25, 0.3) is 6.08 Å². The van der Waals surface area contributed by atoms with Crippen LogP contribution in [0.15, 0.2) is 60.7 Å². The van der Waals surface area contributed by atoms with E-state index in [1.807, 2.05) is 30.3 Å². The van der Waals surface area contributed by atoms with Gasteiger partial charge in [0.25, 0.3) is 0 Å². The van der Waals surface area contributed by atoms with E-state index in [9.17, 15) is 4.79 Å².